The highest BCUT2D eigenvalue weighted by molar-refractivity contribution is 6.39. The molecule has 2 bridgehead atoms. The number of hydrogen-bond donors (Lipinski definition) is 1. The second kappa shape index (κ2) is 9.18. The first-order chi connectivity index (χ1) is 17.4. The quantitative estimate of drug-likeness (QED) is 0.332. The molecule has 2 aromatic carbocycles. The number of nitrogens with zero attached hydrogens (tertiary/aromatic N) is 1. The van der Waals surface area contributed by atoms with Crippen LogP contribution in [0.2, 0.25) is 10.0 Å². The predicted molar refractivity (Wildman–Crippen MR) is 136 cm³/mol. The second-order valence-corrected chi connectivity index (χ2v) is 11.2. The van der Waals surface area contributed by atoms with Gasteiger partial charge < -0.3 is 19.1 Å². The molecule has 0 unspecified atom stereocenters. The Labute approximate surface area is 219 Å². The summed E-state index contributed by atoms with van der Waals surface area (Å²) in [5, 5.41) is 14.6. The SMILES string of the molecule is O=C(O)c1ccc(C23CCC(COCc4c(-c5c(Cl)cccc5Cl)noc4C4CC4)(CC2)CO3)cc1. The predicted octanol–water partition coefficient (Wildman–Crippen LogP) is 7.23. The molecule has 188 valence electrons. The minimum Gasteiger partial charge on any atom is -0.478 e. The summed E-state index contributed by atoms with van der Waals surface area (Å²) in [4.78, 5) is 11.2. The summed E-state index contributed by atoms with van der Waals surface area (Å²) in [6, 6.07) is 12.5. The van der Waals surface area contributed by atoms with Crippen LogP contribution in [0.1, 0.15) is 71.7 Å². The van der Waals surface area contributed by atoms with Crippen LogP contribution < -0.4 is 0 Å². The molecule has 0 radical (unpaired) electrons. The first kappa shape index (κ1) is 24.0. The van der Waals surface area contributed by atoms with E-state index in [2.05, 4.69) is 5.16 Å². The fraction of sp³-hybridized carbons (Fsp3) is 0.429. The van der Waals surface area contributed by atoms with Gasteiger partial charge in [-0.3, -0.25) is 0 Å². The van der Waals surface area contributed by atoms with E-state index in [-0.39, 0.29) is 11.0 Å². The van der Waals surface area contributed by atoms with E-state index in [0.717, 1.165) is 55.4 Å². The third-order valence-corrected chi connectivity index (χ3v) is 8.68. The molecule has 0 spiro atoms. The zero-order valence-electron chi connectivity index (χ0n) is 19.8. The van der Waals surface area contributed by atoms with Gasteiger partial charge in [-0.25, -0.2) is 4.79 Å². The number of carboxylic acid groups (broad SMARTS) is 1. The van der Waals surface area contributed by atoms with E-state index in [1.54, 1.807) is 24.3 Å². The summed E-state index contributed by atoms with van der Waals surface area (Å²) in [7, 11) is 0. The summed E-state index contributed by atoms with van der Waals surface area (Å²) in [6.07, 6.45) is 5.95. The Kier molecular flexibility index (Phi) is 6.11. The number of rotatable bonds is 8. The van der Waals surface area contributed by atoms with Crippen molar-refractivity contribution in [2.45, 2.75) is 56.7 Å². The molecule has 4 aliphatic rings. The monoisotopic (exact) mass is 527 g/mol. The van der Waals surface area contributed by atoms with Crippen LogP contribution in [0.5, 0.6) is 0 Å². The summed E-state index contributed by atoms with van der Waals surface area (Å²) >= 11 is 13.0. The smallest absolute Gasteiger partial charge is 0.335 e. The molecule has 1 aromatic heterocycles. The number of halogens is 2. The van der Waals surface area contributed by atoms with Gasteiger partial charge in [0.25, 0.3) is 0 Å². The largest absolute Gasteiger partial charge is 0.478 e. The lowest BCUT2D eigenvalue weighted by Gasteiger charge is -2.53. The van der Waals surface area contributed by atoms with Gasteiger partial charge in [0.2, 0.25) is 0 Å². The zero-order valence-corrected chi connectivity index (χ0v) is 21.3. The van der Waals surface area contributed by atoms with Gasteiger partial charge in [0, 0.05) is 22.5 Å². The van der Waals surface area contributed by atoms with Crippen molar-refractivity contribution >= 4 is 29.2 Å². The van der Waals surface area contributed by atoms with Gasteiger partial charge >= 0.3 is 5.97 Å². The van der Waals surface area contributed by atoms with Crippen LogP contribution in [0.4, 0.5) is 0 Å². The molecule has 3 heterocycles. The van der Waals surface area contributed by atoms with Crippen LogP contribution in [0.25, 0.3) is 11.3 Å². The summed E-state index contributed by atoms with van der Waals surface area (Å²) < 4.78 is 18.6. The maximum atomic E-state index is 11.2. The minimum atomic E-state index is -0.916. The summed E-state index contributed by atoms with van der Waals surface area (Å²) in [5.41, 5.74) is 3.28. The number of ether oxygens (including phenoxy) is 2. The van der Waals surface area contributed by atoms with Gasteiger partial charge in [0.1, 0.15) is 11.5 Å². The first-order valence-corrected chi connectivity index (χ1v) is 13.1. The molecule has 1 N–H and O–H groups in total. The Bertz CT molecular complexity index is 1250. The minimum absolute atomic E-state index is 0.0259. The van der Waals surface area contributed by atoms with Crippen LogP contribution >= 0.6 is 23.2 Å². The van der Waals surface area contributed by atoms with Crippen molar-refractivity contribution in [3.8, 4) is 11.3 Å². The van der Waals surface area contributed by atoms with Crippen LogP contribution in [0.3, 0.4) is 0 Å². The van der Waals surface area contributed by atoms with Crippen molar-refractivity contribution in [3.05, 3.63) is 75.0 Å². The average Bonchev–Trinajstić information content (AvgIpc) is 3.66. The van der Waals surface area contributed by atoms with Crippen LogP contribution in [-0.4, -0.2) is 29.4 Å². The number of carbonyl (C=O) groups is 1. The molecule has 0 amide bonds. The Hall–Kier alpha value is -2.38. The maximum Gasteiger partial charge on any atom is 0.335 e. The van der Waals surface area contributed by atoms with Crippen LogP contribution in [0.15, 0.2) is 47.0 Å². The molecule has 2 saturated heterocycles. The number of fused-ring (bicyclic) bond motifs is 3. The molecule has 0 atom stereocenters. The van der Waals surface area contributed by atoms with Gasteiger partial charge in [0.15, 0.2) is 0 Å². The van der Waals surface area contributed by atoms with Crippen molar-refractivity contribution in [1.29, 1.82) is 0 Å². The average molecular weight is 528 g/mol. The van der Waals surface area contributed by atoms with E-state index in [1.807, 2.05) is 18.2 Å². The van der Waals surface area contributed by atoms with Crippen molar-refractivity contribution in [2.24, 2.45) is 5.41 Å². The van der Waals surface area contributed by atoms with E-state index in [4.69, 9.17) is 37.2 Å². The molecule has 2 aliphatic carbocycles. The number of hydrogen-bond acceptors (Lipinski definition) is 5. The zero-order chi connectivity index (χ0) is 24.9. The Balaban J connectivity index is 1.15. The lowest BCUT2D eigenvalue weighted by atomic mass is 9.64. The summed E-state index contributed by atoms with van der Waals surface area (Å²) in [6.45, 7) is 1.60. The summed E-state index contributed by atoms with van der Waals surface area (Å²) in [5.74, 6) is 0.344. The molecular weight excluding hydrogens is 501 g/mol. The number of aromatic nitrogens is 1. The number of carboxylic acids is 1. The number of aromatic carboxylic acids is 1. The van der Waals surface area contributed by atoms with Crippen molar-refractivity contribution in [1.82, 2.24) is 5.16 Å². The molecular formula is C28H27Cl2NO5. The highest BCUT2D eigenvalue weighted by Crippen LogP contribution is 2.54. The van der Waals surface area contributed by atoms with E-state index in [1.165, 1.54) is 0 Å². The third-order valence-electron chi connectivity index (χ3n) is 8.05. The van der Waals surface area contributed by atoms with E-state index < -0.39 is 5.97 Å². The van der Waals surface area contributed by atoms with Gasteiger partial charge in [0.05, 0.1) is 41.0 Å². The van der Waals surface area contributed by atoms with Crippen LogP contribution in [-0.2, 0) is 21.7 Å². The topological polar surface area (TPSA) is 81.8 Å². The Morgan fingerprint density at radius 1 is 1.06 bits per heavy atom. The Morgan fingerprint density at radius 2 is 1.75 bits per heavy atom. The standard InChI is InChI=1S/C28H27Cl2NO5/c29-21-2-1-3-22(30)23(21)24-20(25(36-31-24)17-4-5-17)14-34-15-27-10-12-28(13-11-27,35-16-27)19-8-6-18(7-9-19)26(32)33/h1-3,6-9,17H,4-5,10-16H2,(H,32,33). The lowest BCUT2D eigenvalue weighted by Crippen LogP contribution is -2.51. The van der Waals surface area contributed by atoms with Crippen molar-refractivity contribution in [3.63, 3.8) is 0 Å². The molecule has 36 heavy (non-hydrogen) atoms. The lowest BCUT2D eigenvalue weighted by molar-refractivity contribution is -0.205. The van der Waals surface area contributed by atoms with Crippen molar-refractivity contribution in [2.75, 3.05) is 13.2 Å². The molecule has 2 aliphatic heterocycles. The van der Waals surface area contributed by atoms with Gasteiger partial charge in [-0.2, -0.15) is 0 Å². The molecule has 6 nitrogen and oxygen atoms in total. The molecule has 3 aromatic rings. The van der Waals surface area contributed by atoms with Gasteiger partial charge in [-0.05, 0) is 68.4 Å². The van der Waals surface area contributed by atoms with Crippen molar-refractivity contribution < 1.29 is 23.9 Å². The fourth-order valence-electron chi connectivity index (χ4n) is 5.66. The highest BCUT2D eigenvalue weighted by atomic mass is 35.5. The van der Waals surface area contributed by atoms with E-state index in [9.17, 15) is 9.90 Å². The first-order valence-electron chi connectivity index (χ1n) is 12.4. The Morgan fingerprint density at radius 3 is 2.33 bits per heavy atom. The molecule has 2 saturated carbocycles. The fourth-order valence-corrected chi connectivity index (χ4v) is 6.23. The third kappa shape index (κ3) is 4.24. The highest BCUT2D eigenvalue weighted by Gasteiger charge is 2.50. The van der Waals surface area contributed by atoms with Gasteiger partial charge in [-0.1, -0.05) is 46.6 Å². The van der Waals surface area contributed by atoms with E-state index >= 15 is 0 Å². The van der Waals surface area contributed by atoms with E-state index in [0.29, 0.717) is 52.6 Å². The molecule has 8 heteroatoms. The number of benzene rings is 2. The normalized spacial score (nSPS) is 25.3. The van der Waals surface area contributed by atoms with Gasteiger partial charge in [-0.15, -0.1) is 0 Å². The molecule has 4 fully saturated rings. The second-order valence-electron chi connectivity index (χ2n) is 10.4. The van der Waals surface area contributed by atoms with Crippen LogP contribution in [0, 0.1) is 5.41 Å². The maximum absolute atomic E-state index is 11.2. The molecule has 7 rings (SSSR count).